The average Bonchev–Trinajstić information content (AvgIpc) is 2.67. The maximum absolute atomic E-state index is 5.67. The molecule has 1 rings (SSSR count). The number of hydrogen-bond donors (Lipinski definition) is 0. The van der Waals surface area contributed by atoms with Crippen LogP contribution in [0.2, 0.25) is 0 Å². The fraction of sp³-hybridized carbons (Fsp3) is 0.615. The molecule has 0 N–H and O–H groups in total. The second-order valence-corrected chi connectivity index (χ2v) is 4.33. The third-order valence-electron chi connectivity index (χ3n) is 2.90. The summed E-state index contributed by atoms with van der Waals surface area (Å²) in [5, 5.41) is 0. The first kappa shape index (κ1) is 12.0. The molecule has 1 heterocycles. The molecule has 0 saturated heterocycles. The van der Waals surface area contributed by atoms with Gasteiger partial charge in [0.05, 0.1) is 6.20 Å². The highest BCUT2D eigenvalue weighted by atomic mass is 16.4. The first-order valence-corrected chi connectivity index (χ1v) is 5.75. The molecule has 0 aliphatic heterocycles. The second-order valence-electron chi connectivity index (χ2n) is 4.33. The van der Waals surface area contributed by atoms with E-state index in [9.17, 15) is 0 Å². The summed E-state index contributed by atoms with van der Waals surface area (Å²) in [7, 11) is 0. The minimum absolute atomic E-state index is 0.137. The molecule has 0 bridgehead atoms. The lowest BCUT2D eigenvalue weighted by Crippen LogP contribution is -2.20. The van der Waals surface area contributed by atoms with E-state index in [4.69, 9.17) is 4.42 Å². The summed E-state index contributed by atoms with van der Waals surface area (Å²) in [6.07, 6.45) is 8.13. The first-order chi connectivity index (χ1) is 7.16. The Morgan fingerprint density at radius 2 is 2.00 bits per heavy atom. The van der Waals surface area contributed by atoms with E-state index in [0.717, 1.165) is 18.6 Å². The van der Waals surface area contributed by atoms with Crippen molar-refractivity contribution in [2.24, 2.45) is 0 Å². The minimum atomic E-state index is 0.137. The number of nitrogens with zero attached hydrogens (tertiary/aromatic N) is 1. The summed E-state index contributed by atoms with van der Waals surface area (Å²) >= 11 is 0. The Morgan fingerprint density at radius 1 is 1.40 bits per heavy atom. The molecule has 2 nitrogen and oxygen atoms in total. The highest BCUT2D eigenvalue weighted by Crippen LogP contribution is 2.34. The number of rotatable bonds is 6. The normalized spacial score (nSPS) is 11.7. The van der Waals surface area contributed by atoms with Crippen LogP contribution in [0.5, 0.6) is 0 Å². The van der Waals surface area contributed by atoms with Gasteiger partial charge in [-0.25, -0.2) is 4.98 Å². The van der Waals surface area contributed by atoms with E-state index in [1.165, 1.54) is 12.8 Å². The molecule has 0 spiro atoms. The van der Waals surface area contributed by atoms with Crippen molar-refractivity contribution in [2.45, 2.75) is 51.9 Å². The van der Waals surface area contributed by atoms with Crippen LogP contribution in [0, 0.1) is 0 Å². The zero-order valence-electron chi connectivity index (χ0n) is 10.0. The van der Waals surface area contributed by atoms with Crippen molar-refractivity contribution in [2.75, 3.05) is 0 Å². The van der Waals surface area contributed by atoms with E-state index in [2.05, 4.69) is 32.3 Å². The third kappa shape index (κ3) is 2.71. The van der Waals surface area contributed by atoms with E-state index in [1.807, 2.05) is 6.20 Å². The van der Waals surface area contributed by atoms with Crippen molar-refractivity contribution in [3.05, 3.63) is 24.4 Å². The molecule has 1 aromatic rings. The molecule has 84 valence electrons. The topological polar surface area (TPSA) is 26.0 Å². The molecule has 0 aliphatic carbocycles. The van der Waals surface area contributed by atoms with Gasteiger partial charge in [-0.3, -0.25) is 0 Å². The van der Waals surface area contributed by atoms with Crippen LogP contribution < -0.4 is 0 Å². The fourth-order valence-corrected chi connectivity index (χ4v) is 2.14. The van der Waals surface area contributed by atoms with E-state index < -0.39 is 0 Å². The first-order valence-electron chi connectivity index (χ1n) is 5.75. The number of aromatic nitrogens is 1. The summed E-state index contributed by atoms with van der Waals surface area (Å²) in [4.78, 5) is 4.18. The van der Waals surface area contributed by atoms with Crippen LogP contribution in [0.25, 0.3) is 6.08 Å². The van der Waals surface area contributed by atoms with Crippen LogP contribution in [0.1, 0.15) is 58.1 Å². The lowest BCUT2D eigenvalue weighted by Gasteiger charge is -2.25. The zero-order valence-corrected chi connectivity index (χ0v) is 10.0. The molecule has 2 heteroatoms. The third-order valence-corrected chi connectivity index (χ3v) is 2.90. The standard InChI is InChI=1S/C13H21NO/c1-5-8-13(4,9-6-2)11-10-14-12(7-3)15-11/h7,10H,3,5-6,8-9H2,1-2,4H3. The average molecular weight is 207 g/mol. The Labute approximate surface area is 92.4 Å². The zero-order chi connectivity index (χ0) is 11.3. The summed E-state index contributed by atoms with van der Waals surface area (Å²) in [6.45, 7) is 10.3. The van der Waals surface area contributed by atoms with E-state index in [0.29, 0.717) is 5.89 Å². The van der Waals surface area contributed by atoms with Gasteiger partial charge in [-0.2, -0.15) is 0 Å². The lowest BCUT2D eigenvalue weighted by molar-refractivity contribution is 0.311. The molecule has 1 aromatic heterocycles. The van der Waals surface area contributed by atoms with Crippen LogP contribution in [-0.2, 0) is 5.41 Å². The van der Waals surface area contributed by atoms with Crippen LogP contribution in [0.15, 0.2) is 17.2 Å². The molecule has 0 fully saturated rings. The van der Waals surface area contributed by atoms with Crippen LogP contribution in [0.4, 0.5) is 0 Å². The Bertz CT molecular complexity index is 308. The number of oxazole rings is 1. The minimum Gasteiger partial charge on any atom is -0.441 e. The Kier molecular flexibility index (Phi) is 4.13. The Morgan fingerprint density at radius 3 is 2.40 bits per heavy atom. The van der Waals surface area contributed by atoms with Crippen molar-refractivity contribution >= 4 is 6.08 Å². The van der Waals surface area contributed by atoms with Crippen LogP contribution in [-0.4, -0.2) is 4.98 Å². The van der Waals surface area contributed by atoms with Crippen molar-refractivity contribution in [3.8, 4) is 0 Å². The number of hydrogen-bond acceptors (Lipinski definition) is 2. The molecule has 0 saturated carbocycles. The predicted octanol–water partition coefficient (Wildman–Crippen LogP) is 4.18. The van der Waals surface area contributed by atoms with Crippen molar-refractivity contribution in [3.63, 3.8) is 0 Å². The highest BCUT2D eigenvalue weighted by Gasteiger charge is 2.28. The van der Waals surface area contributed by atoms with Gasteiger partial charge in [0, 0.05) is 5.41 Å². The van der Waals surface area contributed by atoms with E-state index in [1.54, 1.807) is 6.08 Å². The maximum atomic E-state index is 5.67. The summed E-state index contributed by atoms with van der Waals surface area (Å²) < 4.78 is 5.67. The fourth-order valence-electron chi connectivity index (χ4n) is 2.14. The largest absolute Gasteiger partial charge is 0.441 e. The van der Waals surface area contributed by atoms with Gasteiger partial charge >= 0.3 is 0 Å². The van der Waals surface area contributed by atoms with Gasteiger partial charge in [0.15, 0.2) is 0 Å². The van der Waals surface area contributed by atoms with Crippen LogP contribution >= 0.6 is 0 Å². The SMILES string of the molecule is C=Cc1ncc(C(C)(CCC)CCC)o1. The molecule has 0 unspecified atom stereocenters. The van der Waals surface area contributed by atoms with E-state index in [-0.39, 0.29) is 5.41 Å². The Balaban J connectivity index is 2.91. The van der Waals surface area contributed by atoms with Crippen molar-refractivity contribution in [1.29, 1.82) is 0 Å². The molecule has 0 radical (unpaired) electrons. The molecule has 15 heavy (non-hydrogen) atoms. The highest BCUT2D eigenvalue weighted by molar-refractivity contribution is 5.34. The van der Waals surface area contributed by atoms with Gasteiger partial charge in [0.2, 0.25) is 5.89 Å². The quantitative estimate of drug-likeness (QED) is 0.699. The van der Waals surface area contributed by atoms with Gasteiger partial charge < -0.3 is 4.42 Å². The molecule has 0 amide bonds. The van der Waals surface area contributed by atoms with Gasteiger partial charge in [-0.1, -0.05) is 40.2 Å². The predicted molar refractivity (Wildman–Crippen MR) is 63.8 cm³/mol. The molecular weight excluding hydrogens is 186 g/mol. The lowest BCUT2D eigenvalue weighted by atomic mass is 9.79. The summed E-state index contributed by atoms with van der Waals surface area (Å²) in [5.74, 6) is 1.63. The summed E-state index contributed by atoms with van der Waals surface area (Å²) in [5.41, 5.74) is 0.137. The molecule has 0 atom stereocenters. The van der Waals surface area contributed by atoms with Gasteiger partial charge in [-0.05, 0) is 18.9 Å². The van der Waals surface area contributed by atoms with Gasteiger partial charge in [0.25, 0.3) is 0 Å². The van der Waals surface area contributed by atoms with Gasteiger partial charge in [-0.15, -0.1) is 0 Å². The van der Waals surface area contributed by atoms with Crippen molar-refractivity contribution in [1.82, 2.24) is 4.98 Å². The molecule has 0 aromatic carbocycles. The monoisotopic (exact) mass is 207 g/mol. The van der Waals surface area contributed by atoms with Crippen LogP contribution in [0.3, 0.4) is 0 Å². The maximum Gasteiger partial charge on any atom is 0.218 e. The second kappa shape index (κ2) is 5.15. The summed E-state index contributed by atoms with van der Waals surface area (Å²) in [6, 6.07) is 0. The van der Waals surface area contributed by atoms with Gasteiger partial charge in [0.1, 0.15) is 5.76 Å². The Hall–Kier alpha value is -1.05. The van der Waals surface area contributed by atoms with E-state index >= 15 is 0 Å². The smallest absolute Gasteiger partial charge is 0.218 e. The molecular formula is C13H21NO. The van der Waals surface area contributed by atoms with Crippen molar-refractivity contribution < 1.29 is 4.42 Å². The molecule has 0 aliphatic rings.